The molecule has 1 aromatic heterocycles. The molecule has 0 bridgehead atoms. The van der Waals surface area contributed by atoms with Gasteiger partial charge in [-0.2, -0.15) is 5.26 Å². The molecule has 4 heteroatoms. The topological polar surface area (TPSA) is 68.8 Å². The summed E-state index contributed by atoms with van der Waals surface area (Å²) >= 11 is 0. The van der Waals surface area contributed by atoms with Crippen LogP contribution in [-0.2, 0) is 11.3 Å². The fraction of sp³-hybridized carbons (Fsp3) is 0.167. The van der Waals surface area contributed by atoms with Crippen LogP contribution in [0.4, 0.5) is 0 Å². The van der Waals surface area contributed by atoms with Crippen molar-refractivity contribution < 1.29 is 9.90 Å². The maximum atomic E-state index is 10.6. The number of nitrogens with zero attached hydrogens (tertiary/aromatic N) is 2. The Hall–Kier alpha value is -2.28. The second-order valence-corrected chi connectivity index (χ2v) is 3.55. The van der Waals surface area contributed by atoms with Gasteiger partial charge in [-0.1, -0.05) is 18.2 Å². The number of hydrogen-bond acceptors (Lipinski definition) is 3. The van der Waals surface area contributed by atoms with E-state index >= 15 is 0 Å². The van der Waals surface area contributed by atoms with Crippen molar-refractivity contribution in [2.75, 3.05) is 0 Å². The molecule has 0 saturated heterocycles. The van der Waals surface area contributed by atoms with Crippen molar-refractivity contribution in [3.05, 3.63) is 35.5 Å². The van der Waals surface area contributed by atoms with E-state index in [4.69, 9.17) is 5.26 Å². The number of carbonyl (C=O) groups excluding carboxylic acids is 1. The summed E-state index contributed by atoms with van der Waals surface area (Å²) in [5.41, 5.74) is 1.94. The third-order valence-electron chi connectivity index (χ3n) is 2.63. The molecule has 0 aliphatic rings. The molecule has 0 radical (unpaired) electrons. The molecule has 1 aromatic carbocycles. The highest BCUT2D eigenvalue weighted by molar-refractivity contribution is 5.88. The van der Waals surface area contributed by atoms with Gasteiger partial charge in [0.15, 0.2) is 0 Å². The number of rotatable bonds is 2. The molecule has 0 aliphatic carbocycles. The van der Waals surface area contributed by atoms with Gasteiger partial charge in [0, 0.05) is 16.6 Å². The number of benzene rings is 1. The van der Waals surface area contributed by atoms with Gasteiger partial charge in [0.05, 0.1) is 18.1 Å². The first-order valence-electron chi connectivity index (χ1n) is 4.83. The number of nitriles is 1. The summed E-state index contributed by atoms with van der Waals surface area (Å²) in [5.74, 6) is -1.16. The minimum Gasteiger partial charge on any atom is -0.548 e. The van der Waals surface area contributed by atoms with Crippen molar-refractivity contribution in [2.24, 2.45) is 0 Å². The molecule has 1 heterocycles. The summed E-state index contributed by atoms with van der Waals surface area (Å²) in [4.78, 5) is 10.6. The van der Waals surface area contributed by atoms with Gasteiger partial charge < -0.3 is 14.5 Å². The lowest BCUT2D eigenvalue weighted by Crippen LogP contribution is -2.27. The number of aromatic nitrogens is 1. The lowest BCUT2D eigenvalue weighted by atomic mass is 10.1. The first-order chi connectivity index (χ1) is 7.65. The van der Waals surface area contributed by atoms with E-state index in [0.29, 0.717) is 11.3 Å². The molecule has 0 atom stereocenters. The maximum absolute atomic E-state index is 10.6. The van der Waals surface area contributed by atoms with Crippen LogP contribution in [0.3, 0.4) is 0 Å². The summed E-state index contributed by atoms with van der Waals surface area (Å²) in [6.07, 6.45) is 0. The Morgan fingerprint density at radius 1 is 1.50 bits per heavy atom. The molecule has 0 saturated carbocycles. The first-order valence-corrected chi connectivity index (χ1v) is 4.83. The molecular formula is C12H9N2O2-. The Labute approximate surface area is 92.3 Å². The number of aliphatic carboxylic acids is 1. The molecule has 80 valence electrons. The molecule has 0 spiro atoms. The lowest BCUT2D eigenvalue weighted by molar-refractivity contribution is -0.306. The Kier molecular flexibility index (Phi) is 2.37. The fourth-order valence-electron chi connectivity index (χ4n) is 1.90. The highest BCUT2D eigenvalue weighted by Crippen LogP contribution is 2.24. The van der Waals surface area contributed by atoms with Gasteiger partial charge in [-0.25, -0.2) is 0 Å². The van der Waals surface area contributed by atoms with E-state index in [-0.39, 0.29) is 6.54 Å². The van der Waals surface area contributed by atoms with E-state index < -0.39 is 5.97 Å². The van der Waals surface area contributed by atoms with E-state index in [1.807, 2.05) is 18.2 Å². The van der Waals surface area contributed by atoms with Gasteiger partial charge in [-0.3, -0.25) is 0 Å². The molecule has 0 unspecified atom stereocenters. The largest absolute Gasteiger partial charge is 0.548 e. The average molecular weight is 213 g/mol. The standard InChI is InChI=1S/C12H10N2O2/c1-8-10(6-13)9-4-2-3-5-11(9)14(8)7-12(15)16/h2-5H,7H2,1H3,(H,15,16)/p-1. The van der Waals surface area contributed by atoms with Crippen molar-refractivity contribution >= 4 is 16.9 Å². The van der Waals surface area contributed by atoms with Gasteiger partial charge >= 0.3 is 0 Å². The Bertz CT molecular complexity index is 605. The van der Waals surface area contributed by atoms with Crippen molar-refractivity contribution in [3.63, 3.8) is 0 Å². The van der Waals surface area contributed by atoms with Crippen LogP contribution >= 0.6 is 0 Å². The van der Waals surface area contributed by atoms with Crippen molar-refractivity contribution in [1.29, 1.82) is 5.26 Å². The van der Waals surface area contributed by atoms with Crippen LogP contribution in [0.5, 0.6) is 0 Å². The third-order valence-corrected chi connectivity index (χ3v) is 2.63. The number of carboxylic acid groups (broad SMARTS) is 1. The number of carboxylic acids is 1. The predicted molar refractivity (Wildman–Crippen MR) is 56.4 cm³/mol. The van der Waals surface area contributed by atoms with E-state index in [1.165, 1.54) is 0 Å². The summed E-state index contributed by atoms with van der Waals surface area (Å²) in [6, 6.07) is 9.35. The molecule has 16 heavy (non-hydrogen) atoms. The quantitative estimate of drug-likeness (QED) is 0.732. The summed E-state index contributed by atoms with van der Waals surface area (Å²) < 4.78 is 1.59. The second kappa shape index (κ2) is 3.70. The predicted octanol–water partition coefficient (Wildman–Crippen LogP) is 0.571. The molecule has 2 rings (SSSR count). The van der Waals surface area contributed by atoms with E-state index in [1.54, 1.807) is 17.6 Å². The molecule has 2 aromatic rings. The summed E-state index contributed by atoms with van der Waals surface area (Å²) in [5, 5.41) is 20.5. The van der Waals surface area contributed by atoms with E-state index in [2.05, 4.69) is 6.07 Å². The normalized spacial score (nSPS) is 10.2. The maximum Gasteiger partial charge on any atom is 0.102 e. The fourth-order valence-corrected chi connectivity index (χ4v) is 1.90. The second-order valence-electron chi connectivity index (χ2n) is 3.55. The van der Waals surface area contributed by atoms with Crippen LogP contribution in [0.1, 0.15) is 11.3 Å². The highest BCUT2D eigenvalue weighted by Gasteiger charge is 2.12. The minimum atomic E-state index is -1.16. The third kappa shape index (κ3) is 1.43. The Balaban J connectivity index is 2.78. The van der Waals surface area contributed by atoms with Gasteiger partial charge in [-0.05, 0) is 13.0 Å². The van der Waals surface area contributed by atoms with Crippen molar-refractivity contribution in [2.45, 2.75) is 13.5 Å². The number of para-hydroxylation sites is 1. The SMILES string of the molecule is Cc1c(C#N)c2ccccc2n1CC(=O)[O-]. The van der Waals surface area contributed by atoms with Gasteiger partial charge in [0.25, 0.3) is 0 Å². The molecule has 0 amide bonds. The summed E-state index contributed by atoms with van der Waals surface area (Å²) in [7, 11) is 0. The number of fused-ring (bicyclic) bond motifs is 1. The smallest absolute Gasteiger partial charge is 0.102 e. The zero-order chi connectivity index (χ0) is 11.7. The van der Waals surface area contributed by atoms with Gasteiger partial charge in [0.1, 0.15) is 6.07 Å². The Morgan fingerprint density at radius 2 is 2.19 bits per heavy atom. The van der Waals surface area contributed by atoms with Gasteiger partial charge in [-0.15, -0.1) is 0 Å². The van der Waals surface area contributed by atoms with Gasteiger partial charge in [0.2, 0.25) is 0 Å². The summed E-state index contributed by atoms with van der Waals surface area (Å²) in [6.45, 7) is 1.51. The molecule has 0 fully saturated rings. The van der Waals surface area contributed by atoms with Crippen LogP contribution in [-0.4, -0.2) is 10.5 Å². The van der Waals surface area contributed by atoms with Crippen LogP contribution in [0, 0.1) is 18.3 Å². The zero-order valence-corrected chi connectivity index (χ0v) is 8.73. The van der Waals surface area contributed by atoms with Crippen LogP contribution in [0.25, 0.3) is 10.9 Å². The van der Waals surface area contributed by atoms with Crippen LogP contribution in [0.2, 0.25) is 0 Å². The molecular weight excluding hydrogens is 204 g/mol. The van der Waals surface area contributed by atoms with Crippen LogP contribution < -0.4 is 5.11 Å². The number of hydrogen-bond donors (Lipinski definition) is 0. The average Bonchev–Trinajstić information content (AvgIpc) is 2.52. The molecule has 0 N–H and O–H groups in total. The minimum absolute atomic E-state index is 0.228. The first kappa shape index (κ1) is 10.2. The van der Waals surface area contributed by atoms with Crippen LogP contribution in [0.15, 0.2) is 24.3 Å². The monoisotopic (exact) mass is 213 g/mol. The van der Waals surface area contributed by atoms with E-state index in [0.717, 1.165) is 10.9 Å². The van der Waals surface area contributed by atoms with E-state index in [9.17, 15) is 9.90 Å². The Morgan fingerprint density at radius 3 is 2.81 bits per heavy atom. The van der Waals surface area contributed by atoms with Crippen molar-refractivity contribution in [3.8, 4) is 6.07 Å². The van der Waals surface area contributed by atoms with Crippen molar-refractivity contribution in [1.82, 2.24) is 4.57 Å². The lowest BCUT2D eigenvalue weighted by Gasteiger charge is -2.08. The molecule has 4 nitrogen and oxygen atoms in total. The molecule has 0 aliphatic heterocycles. The highest BCUT2D eigenvalue weighted by atomic mass is 16.4. The number of carbonyl (C=O) groups is 1. The zero-order valence-electron chi connectivity index (χ0n) is 8.73.